The third kappa shape index (κ3) is 3.72. The molecule has 27 heavy (non-hydrogen) atoms. The summed E-state index contributed by atoms with van der Waals surface area (Å²) in [6.07, 6.45) is 2.12. The first-order valence-corrected chi connectivity index (χ1v) is 9.49. The molecule has 0 aromatic heterocycles. The van der Waals surface area contributed by atoms with Crippen molar-refractivity contribution in [3.8, 4) is 0 Å². The van der Waals surface area contributed by atoms with Gasteiger partial charge in [-0.05, 0) is 49.1 Å². The molecule has 1 heterocycles. The average Bonchev–Trinajstić information content (AvgIpc) is 2.71. The van der Waals surface area contributed by atoms with Crippen LogP contribution in [0.2, 0.25) is 0 Å². The highest BCUT2D eigenvalue weighted by Crippen LogP contribution is 2.34. The molecule has 3 nitrogen and oxygen atoms in total. The zero-order valence-electron chi connectivity index (χ0n) is 15.6. The highest BCUT2D eigenvalue weighted by atomic mass is 16.2. The van der Waals surface area contributed by atoms with Crippen LogP contribution in [0.1, 0.15) is 29.2 Å². The molecule has 0 saturated carbocycles. The van der Waals surface area contributed by atoms with Gasteiger partial charge in [0.05, 0.1) is 0 Å². The van der Waals surface area contributed by atoms with Crippen molar-refractivity contribution in [3.63, 3.8) is 0 Å². The van der Waals surface area contributed by atoms with Crippen molar-refractivity contribution >= 4 is 17.3 Å². The van der Waals surface area contributed by atoms with E-state index in [1.54, 1.807) is 0 Å². The Bertz CT molecular complexity index is 919. The van der Waals surface area contributed by atoms with Crippen LogP contribution >= 0.6 is 0 Å². The van der Waals surface area contributed by atoms with Gasteiger partial charge in [0.15, 0.2) is 0 Å². The third-order valence-corrected chi connectivity index (χ3v) is 5.14. The number of benzene rings is 3. The summed E-state index contributed by atoms with van der Waals surface area (Å²) < 4.78 is 0. The van der Waals surface area contributed by atoms with E-state index in [4.69, 9.17) is 0 Å². The molecule has 0 bridgehead atoms. The molecule has 1 atom stereocenters. The second-order valence-corrected chi connectivity index (χ2v) is 7.09. The van der Waals surface area contributed by atoms with Gasteiger partial charge in [-0.1, -0.05) is 66.2 Å². The molecule has 1 aliphatic heterocycles. The molecule has 0 spiro atoms. The second kappa shape index (κ2) is 7.67. The Labute approximate surface area is 160 Å². The third-order valence-electron chi connectivity index (χ3n) is 5.14. The first kappa shape index (κ1) is 17.3. The highest BCUT2D eigenvalue weighted by Gasteiger charge is 2.30. The molecule has 1 aliphatic rings. The first-order chi connectivity index (χ1) is 13.2. The predicted octanol–water partition coefficient (Wildman–Crippen LogP) is 5.13. The molecule has 3 heteroatoms. The molecule has 1 N–H and O–H groups in total. The van der Waals surface area contributed by atoms with Gasteiger partial charge in [-0.2, -0.15) is 0 Å². The number of fused-ring (bicyclic) bond motifs is 1. The molecule has 136 valence electrons. The number of anilines is 2. The van der Waals surface area contributed by atoms with Gasteiger partial charge in [-0.25, -0.2) is 0 Å². The van der Waals surface area contributed by atoms with Gasteiger partial charge in [0, 0.05) is 17.9 Å². The summed E-state index contributed by atoms with van der Waals surface area (Å²) in [4.78, 5) is 15.6. The van der Waals surface area contributed by atoms with Crippen LogP contribution in [0, 0.1) is 6.92 Å². The lowest BCUT2D eigenvalue weighted by molar-refractivity contribution is -0.117. The Kier molecular flexibility index (Phi) is 4.93. The fourth-order valence-electron chi connectivity index (χ4n) is 3.79. The molecule has 1 amide bonds. The van der Waals surface area contributed by atoms with Gasteiger partial charge in [0.2, 0.25) is 0 Å². The van der Waals surface area contributed by atoms with Crippen molar-refractivity contribution in [2.75, 3.05) is 16.8 Å². The van der Waals surface area contributed by atoms with E-state index in [2.05, 4.69) is 34.5 Å². The zero-order valence-corrected chi connectivity index (χ0v) is 15.6. The van der Waals surface area contributed by atoms with Crippen molar-refractivity contribution in [3.05, 3.63) is 95.6 Å². The number of rotatable bonds is 4. The second-order valence-electron chi connectivity index (χ2n) is 7.09. The van der Waals surface area contributed by atoms with Crippen molar-refractivity contribution < 1.29 is 4.79 Å². The van der Waals surface area contributed by atoms with Gasteiger partial charge in [-0.15, -0.1) is 0 Å². The van der Waals surface area contributed by atoms with E-state index in [1.807, 2.05) is 61.5 Å². The van der Waals surface area contributed by atoms with E-state index < -0.39 is 0 Å². The number of carbonyl (C=O) groups is 1. The van der Waals surface area contributed by atoms with Crippen LogP contribution < -0.4 is 10.2 Å². The number of amides is 1. The first-order valence-electron chi connectivity index (χ1n) is 9.49. The number of para-hydroxylation sites is 1. The lowest BCUT2D eigenvalue weighted by Crippen LogP contribution is -2.40. The Morgan fingerprint density at radius 2 is 1.63 bits per heavy atom. The molecule has 0 unspecified atom stereocenters. The Morgan fingerprint density at radius 1 is 0.926 bits per heavy atom. The molecule has 0 saturated heterocycles. The fraction of sp³-hybridized carbons (Fsp3) is 0.208. The molecule has 0 fully saturated rings. The maximum atomic E-state index is 13.4. The Morgan fingerprint density at radius 3 is 2.41 bits per heavy atom. The number of carbonyl (C=O) groups excluding carboxylic acids is 1. The van der Waals surface area contributed by atoms with Crippen LogP contribution in [-0.4, -0.2) is 12.5 Å². The minimum absolute atomic E-state index is 0.00163. The van der Waals surface area contributed by atoms with Crippen LogP contribution in [0.25, 0.3) is 0 Å². The van der Waals surface area contributed by atoms with Crippen LogP contribution in [0.15, 0.2) is 78.9 Å². The summed E-state index contributed by atoms with van der Waals surface area (Å²) in [6.45, 7) is 2.92. The van der Waals surface area contributed by atoms with E-state index in [1.165, 1.54) is 11.1 Å². The van der Waals surface area contributed by atoms with Gasteiger partial charge in [-0.3, -0.25) is 4.79 Å². The summed E-state index contributed by atoms with van der Waals surface area (Å²) in [7, 11) is 0. The SMILES string of the molecule is Cc1ccc(NC(=O)[C@@H](c2ccccc2)N2CCCc3ccccc32)cc1. The number of hydrogen-bond donors (Lipinski definition) is 1. The summed E-state index contributed by atoms with van der Waals surface area (Å²) in [5, 5.41) is 3.12. The molecule has 0 aliphatic carbocycles. The topological polar surface area (TPSA) is 32.3 Å². The largest absolute Gasteiger partial charge is 0.356 e. The van der Waals surface area contributed by atoms with E-state index in [0.717, 1.165) is 36.3 Å². The predicted molar refractivity (Wildman–Crippen MR) is 111 cm³/mol. The molecule has 0 radical (unpaired) electrons. The van der Waals surface area contributed by atoms with Gasteiger partial charge < -0.3 is 10.2 Å². The molecule has 3 aromatic carbocycles. The lowest BCUT2D eigenvalue weighted by atomic mass is 9.96. The van der Waals surface area contributed by atoms with Gasteiger partial charge >= 0.3 is 0 Å². The van der Waals surface area contributed by atoms with Gasteiger partial charge in [0.25, 0.3) is 5.91 Å². The summed E-state index contributed by atoms with van der Waals surface area (Å²) in [5.41, 5.74) is 5.50. The van der Waals surface area contributed by atoms with Crippen molar-refractivity contribution in [1.82, 2.24) is 0 Å². The maximum absolute atomic E-state index is 13.4. The number of hydrogen-bond acceptors (Lipinski definition) is 2. The van der Waals surface area contributed by atoms with Crippen LogP contribution in [0.3, 0.4) is 0 Å². The van der Waals surface area contributed by atoms with E-state index in [-0.39, 0.29) is 11.9 Å². The standard InChI is InChI=1S/C24H24N2O/c1-18-13-15-21(16-14-18)25-24(27)23(20-9-3-2-4-10-20)26-17-7-11-19-8-5-6-12-22(19)26/h2-6,8-10,12-16,23H,7,11,17H2,1H3,(H,25,27)/t23-/m1/s1. The van der Waals surface area contributed by atoms with Crippen LogP contribution in [0.5, 0.6) is 0 Å². The lowest BCUT2D eigenvalue weighted by Gasteiger charge is -2.37. The summed E-state index contributed by atoms with van der Waals surface area (Å²) in [6, 6.07) is 26.1. The van der Waals surface area contributed by atoms with Gasteiger partial charge in [0.1, 0.15) is 6.04 Å². The quantitative estimate of drug-likeness (QED) is 0.703. The minimum Gasteiger partial charge on any atom is -0.356 e. The van der Waals surface area contributed by atoms with E-state index >= 15 is 0 Å². The maximum Gasteiger partial charge on any atom is 0.251 e. The Hall–Kier alpha value is -3.07. The minimum atomic E-state index is -0.353. The molecule has 3 aromatic rings. The number of nitrogens with zero attached hydrogens (tertiary/aromatic N) is 1. The van der Waals surface area contributed by atoms with Crippen molar-refractivity contribution in [1.29, 1.82) is 0 Å². The monoisotopic (exact) mass is 356 g/mol. The van der Waals surface area contributed by atoms with Crippen LogP contribution in [-0.2, 0) is 11.2 Å². The number of nitrogens with one attached hydrogen (secondary N) is 1. The molecular weight excluding hydrogens is 332 g/mol. The summed E-state index contributed by atoms with van der Waals surface area (Å²) >= 11 is 0. The summed E-state index contributed by atoms with van der Waals surface area (Å²) in [5.74, 6) is 0.00163. The van der Waals surface area contributed by atoms with E-state index in [0.29, 0.717) is 0 Å². The van der Waals surface area contributed by atoms with Crippen molar-refractivity contribution in [2.45, 2.75) is 25.8 Å². The zero-order chi connectivity index (χ0) is 18.6. The normalized spacial score (nSPS) is 14.3. The molecule has 4 rings (SSSR count). The fourth-order valence-corrected chi connectivity index (χ4v) is 3.79. The Balaban J connectivity index is 1.70. The highest BCUT2D eigenvalue weighted by molar-refractivity contribution is 5.98. The van der Waals surface area contributed by atoms with E-state index in [9.17, 15) is 4.79 Å². The molecular formula is C24H24N2O. The number of aryl methyl sites for hydroxylation is 2. The smallest absolute Gasteiger partial charge is 0.251 e. The average molecular weight is 356 g/mol. The van der Waals surface area contributed by atoms with Crippen LogP contribution in [0.4, 0.5) is 11.4 Å². The van der Waals surface area contributed by atoms with Crippen molar-refractivity contribution in [2.24, 2.45) is 0 Å².